The first-order chi connectivity index (χ1) is 13.1. The number of rotatable bonds is 7. The molecule has 0 saturated heterocycles. The molecule has 0 spiro atoms. The fourth-order valence-electron chi connectivity index (χ4n) is 2.95. The first-order valence-corrected chi connectivity index (χ1v) is 8.91. The summed E-state index contributed by atoms with van der Waals surface area (Å²) >= 11 is 0. The van der Waals surface area contributed by atoms with E-state index in [1.165, 1.54) is 0 Å². The van der Waals surface area contributed by atoms with Crippen LogP contribution in [0.5, 0.6) is 5.88 Å². The van der Waals surface area contributed by atoms with Gasteiger partial charge in [0, 0.05) is 12.3 Å². The van der Waals surface area contributed by atoms with Crippen molar-refractivity contribution in [3.63, 3.8) is 0 Å². The van der Waals surface area contributed by atoms with Crippen molar-refractivity contribution in [3.05, 3.63) is 59.1 Å². The predicted octanol–water partition coefficient (Wildman–Crippen LogP) is 3.07. The number of hydrogen-bond acceptors (Lipinski definition) is 6. The molecule has 0 bridgehead atoms. The summed E-state index contributed by atoms with van der Waals surface area (Å²) in [4.78, 5) is 20.5. The third-order valence-electron chi connectivity index (χ3n) is 4.65. The van der Waals surface area contributed by atoms with E-state index in [4.69, 9.17) is 15.0 Å². The Labute approximate surface area is 156 Å². The third kappa shape index (κ3) is 3.81. The molecule has 3 heterocycles. The standard InChI is InChI=1S/C20H20N4O3/c1-12-15(19(24-27-12)16-4-2-3-9-22-16)11-26-18-8-7-14(20(21)25)17(23-18)10-13-5-6-13/h2-4,7-9,13H,5-6,10-11H2,1H3,(H2,21,25). The molecule has 1 fully saturated rings. The van der Waals surface area contributed by atoms with E-state index >= 15 is 0 Å². The zero-order valence-electron chi connectivity index (χ0n) is 15.0. The number of primary amides is 1. The van der Waals surface area contributed by atoms with Gasteiger partial charge in [-0.2, -0.15) is 0 Å². The summed E-state index contributed by atoms with van der Waals surface area (Å²) in [5.41, 5.74) is 8.83. The maximum atomic E-state index is 11.6. The van der Waals surface area contributed by atoms with E-state index in [1.54, 1.807) is 18.3 Å². The van der Waals surface area contributed by atoms with Gasteiger partial charge in [-0.15, -0.1) is 0 Å². The van der Waals surface area contributed by atoms with E-state index in [2.05, 4.69) is 15.1 Å². The highest BCUT2D eigenvalue weighted by Gasteiger charge is 2.25. The van der Waals surface area contributed by atoms with Crippen LogP contribution in [0.1, 0.15) is 40.2 Å². The van der Waals surface area contributed by atoms with Crippen LogP contribution in [0.4, 0.5) is 0 Å². The van der Waals surface area contributed by atoms with Gasteiger partial charge < -0.3 is 15.0 Å². The van der Waals surface area contributed by atoms with Crippen LogP contribution in [0.25, 0.3) is 11.4 Å². The molecule has 0 atom stereocenters. The molecular formula is C20H20N4O3. The van der Waals surface area contributed by atoms with Crippen molar-refractivity contribution in [1.82, 2.24) is 15.1 Å². The lowest BCUT2D eigenvalue weighted by atomic mass is 10.1. The second kappa shape index (κ2) is 7.19. The van der Waals surface area contributed by atoms with Gasteiger partial charge >= 0.3 is 0 Å². The van der Waals surface area contributed by atoms with Gasteiger partial charge in [-0.25, -0.2) is 4.98 Å². The Morgan fingerprint density at radius 2 is 2.15 bits per heavy atom. The van der Waals surface area contributed by atoms with E-state index in [0.717, 1.165) is 30.5 Å². The summed E-state index contributed by atoms with van der Waals surface area (Å²) in [6.45, 7) is 2.08. The minimum absolute atomic E-state index is 0.243. The SMILES string of the molecule is Cc1onc(-c2ccccn2)c1COc1ccc(C(N)=O)c(CC2CC2)n1. The number of ether oxygens (including phenoxy) is 1. The van der Waals surface area contributed by atoms with Crippen LogP contribution in [0, 0.1) is 12.8 Å². The molecule has 1 amide bonds. The molecule has 1 saturated carbocycles. The lowest BCUT2D eigenvalue weighted by Crippen LogP contribution is -2.15. The molecule has 1 aliphatic rings. The van der Waals surface area contributed by atoms with Gasteiger partial charge in [0.25, 0.3) is 5.91 Å². The highest BCUT2D eigenvalue weighted by Crippen LogP contribution is 2.33. The average molecular weight is 364 g/mol. The Hall–Kier alpha value is -3.22. The maximum Gasteiger partial charge on any atom is 0.250 e. The fourth-order valence-corrected chi connectivity index (χ4v) is 2.95. The maximum absolute atomic E-state index is 11.6. The van der Waals surface area contributed by atoms with Crippen molar-refractivity contribution < 1.29 is 14.1 Å². The number of carbonyl (C=O) groups excluding carboxylic acids is 1. The molecule has 1 aliphatic carbocycles. The predicted molar refractivity (Wildman–Crippen MR) is 98.0 cm³/mol. The van der Waals surface area contributed by atoms with Gasteiger partial charge in [0.2, 0.25) is 5.88 Å². The minimum atomic E-state index is -0.461. The van der Waals surface area contributed by atoms with E-state index < -0.39 is 5.91 Å². The van der Waals surface area contributed by atoms with Gasteiger partial charge in [-0.1, -0.05) is 11.2 Å². The topological polar surface area (TPSA) is 104 Å². The van der Waals surface area contributed by atoms with Crippen LogP contribution >= 0.6 is 0 Å². The monoisotopic (exact) mass is 364 g/mol. The highest BCUT2D eigenvalue weighted by molar-refractivity contribution is 5.93. The average Bonchev–Trinajstić information content (AvgIpc) is 3.41. The van der Waals surface area contributed by atoms with Crippen molar-refractivity contribution in [3.8, 4) is 17.3 Å². The Kier molecular flexibility index (Phi) is 4.58. The van der Waals surface area contributed by atoms with E-state index in [0.29, 0.717) is 34.5 Å². The lowest BCUT2D eigenvalue weighted by molar-refractivity contribution is 0.0998. The molecule has 2 N–H and O–H groups in total. The molecule has 4 rings (SSSR count). The van der Waals surface area contributed by atoms with Crippen LogP contribution in [0.2, 0.25) is 0 Å². The van der Waals surface area contributed by atoms with Gasteiger partial charge in [0.05, 0.1) is 22.5 Å². The van der Waals surface area contributed by atoms with Crippen LogP contribution in [-0.2, 0) is 13.0 Å². The van der Waals surface area contributed by atoms with Crippen LogP contribution in [0.3, 0.4) is 0 Å². The van der Waals surface area contributed by atoms with Gasteiger partial charge in [-0.3, -0.25) is 9.78 Å². The number of pyridine rings is 2. The number of nitrogens with two attached hydrogens (primary N) is 1. The Morgan fingerprint density at radius 1 is 1.30 bits per heavy atom. The molecule has 3 aromatic rings. The molecule has 0 unspecified atom stereocenters. The Morgan fingerprint density at radius 3 is 2.85 bits per heavy atom. The minimum Gasteiger partial charge on any atom is -0.473 e. The van der Waals surface area contributed by atoms with Crippen LogP contribution in [-0.4, -0.2) is 21.0 Å². The molecule has 0 aromatic carbocycles. The molecule has 3 aromatic heterocycles. The summed E-state index contributed by atoms with van der Waals surface area (Å²) in [7, 11) is 0. The lowest BCUT2D eigenvalue weighted by Gasteiger charge is -2.10. The quantitative estimate of drug-likeness (QED) is 0.691. The van der Waals surface area contributed by atoms with E-state index in [1.807, 2.05) is 25.1 Å². The Bertz CT molecular complexity index is 965. The van der Waals surface area contributed by atoms with Crippen molar-refractivity contribution in [1.29, 1.82) is 0 Å². The zero-order valence-corrected chi connectivity index (χ0v) is 15.0. The summed E-state index contributed by atoms with van der Waals surface area (Å²) in [5.74, 6) is 1.24. The molecular weight excluding hydrogens is 344 g/mol. The molecule has 7 heteroatoms. The van der Waals surface area contributed by atoms with Crippen LogP contribution in [0.15, 0.2) is 41.1 Å². The largest absolute Gasteiger partial charge is 0.473 e. The second-order valence-corrected chi connectivity index (χ2v) is 6.73. The van der Waals surface area contributed by atoms with Crippen molar-refractivity contribution in [2.45, 2.75) is 32.8 Å². The first kappa shape index (κ1) is 17.2. The number of carbonyl (C=O) groups is 1. The number of nitrogens with zero attached hydrogens (tertiary/aromatic N) is 3. The molecule has 138 valence electrons. The second-order valence-electron chi connectivity index (χ2n) is 6.73. The summed E-state index contributed by atoms with van der Waals surface area (Å²) < 4.78 is 11.2. The summed E-state index contributed by atoms with van der Waals surface area (Å²) in [6, 6.07) is 8.96. The number of aryl methyl sites for hydroxylation is 1. The number of hydrogen-bond donors (Lipinski definition) is 1. The zero-order chi connectivity index (χ0) is 18.8. The fraction of sp³-hybridized carbons (Fsp3) is 0.300. The normalized spacial score (nSPS) is 13.5. The number of amides is 1. The Balaban J connectivity index is 1.56. The third-order valence-corrected chi connectivity index (χ3v) is 4.65. The highest BCUT2D eigenvalue weighted by atomic mass is 16.5. The van der Waals surface area contributed by atoms with Crippen molar-refractivity contribution in [2.24, 2.45) is 11.7 Å². The van der Waals surface area contributed by atoms with Gasteiger partial charge in [0.15, 0.2) is 0 Å². The summed E-state index contributed by atoms with van der Waals surface area (Å²) in [5, 5.41) is 4.10. The molecule has 0 aliphatic heterocycles. The van der Waals surface area contributed by atoms with E-state index in [-0.39, 0.29) is 6.61 Å². The van der Waals surface area contributed by atoms with E-state index in [9.17, 15) is 4.79 Å². The van der Waals surface area contributed by atoms with Crippen molar-refractivity contribution in [2.75, 3.05) is 0 Å². The first-order valence-electron chi connectivity index (χ1n) is 8.91. The molecule has 27 heavy (non-hydrogen) atoms. The van der Waals surface area contributed by atoms with Gasteiger partial charge in [0.1, 0.15) is 18.1 Å². The molecule has 7 nitrogen and oxygen atoms in total. The van der Waals surface area contributed by atoms with Gasteiger partial charge in [-0.05, 0) is 50.3 Å². The smallest absolute Gasteiger partial charge is 0.250 e. The van der Waals surface area contributed by atoms with Crippen LogP contribution < -0.4 is 10.5 Å². The summed E-state index contributed by atoms with van der Waals surface area (Å²) in [6.07, 6.45) is 4.79. The number of aromatic nitrogens is 3. The van der Waals surface area contributed by atoms with Crippen molar-refractivity contribution >= 4 is 5.91 Å². The molecule has 0 radical (unpaired) electrons.